The molecule has 5 heteroatoms. The fraction of sp³-hybridized carbons (Fsp3) is 0.818. The first-order valence-electron chi connectivity index (χ1n) is 5.93. The first-order valence-corrected chi connectivity index (χ1v) is 7.58. The Hall–Kier alpha value is -0.390. The van der Waals surface area contributed by atoms with E-state index in [2.05, 4.69) is 16.6 Å². The summed E-state index contributed by atoms with van der Waals surface area (Å²) < 4.78 is 25.6. The number of piperidine rings is 1. The van der Waals surface area contributed by atoms with Gasteiger partial charge in [-0.15, -0.1) is 6.58 Å². The van der Waals surface area contributed by atoms with Crippen molar-refractivity contribution < 1.29 is 8.42 Å². The zero-order chi connectivity index (χ0) is 11.9. The predicted molar refractivity (Wildman–Crippen MR) is 66.8 cm³/mol. The minimum atomic E-state index is -3.09. The van der Waals surface area contributed by atoms with Crippen molar-refractivity contribution in [1.29, 1.82) is 0 Å². The SMILES string of the molecule is C=CCCS(=O)(=O)NCCC1CCCNC1. The van der Waals surface area contributed by atoms with Crippen LogP contribution in [0.2, 0.25) is 0 Å². The minimum Gasteiger partial charge on any atom is -0.316 e. The first kappa shape index (κ1) is 13.7. The highest BCUT2D eigenvalue weighted by Gasteiger charge is 2.14. The molecule has 94 valence electrons. The van der Waals surface area contributed by atoms with E-state index in [1.54, 1.807) is 6.08 Å². The van der Waals surface area contributed by atoms with Crippen LogP contribution in [0.1, 0.15) is 25.7 Å². The van der Waals surface area contributed by atoms with Gasteiger partial charge >= 0.3 is 0 Å². The molecule has 0 radical (unpaired) electrons. The molecule has 0 aromatic carbocycles. The third-order valence-corrected chi connectivity index (χ3v) is 4.28. The summed E-state index contributed by atoms with van der Waals surface area (Å²) in [5.41, 5.74) is 0. The van der Waals surface area contributed by atoms with Crippen molar-refractivity contribution in [1.82, 2.24) is 10.0 Å². The lowest BCUT2D eigenvalue weighted by molar-refractivity contribution is 0.358. The number of allylic oxidation sites excluding steroid dienone is 1. The van der Waals surface area contributed by atoms with Crippen molar-refractivity contribution in [3.63, 3.8) is 0 Å². The smallest absolute Gasteiger partial charge is 0.211 e. The number of hydrogen-bond acceptors (Lipinski definition) is 3. The second kappa shape index (κ2) is 7.04. The van der Waals surface area contributed by atoms with Crippen LogP contribution in [0.25, 0.3) is 0 Å². The molecule has 1 heterocycles. The summed E-state index contributed by atoms with van der Waals surface area (Å²) in [6, 6.07) is 0. The van der Waals surface area contributed by atoms with Crippen molar-refractivity contribution in [2.24, 2.45) is 5.92 Å². The van der Waals surface area contributed by atoms with Crippen LogP contribution >= 0.6 is 0 Å². The second-order valence-electron chi connectivity index (χ2n) is 4.29. The van der Waals surface area contributed by atoms with Crippen molar-refractivity contribution in [2.75, 3.05) is 25.4 Å². The predicted octanol–water partition coefficient (Wildman–Crippen LogP) is 0.872. The maximum atomic E-state index is 11.5. The maximum absolute atomic E-state index is 11.5. The van der Waals surface area contributed by atoms with Gasteiger partial charge in [-0.1, -0.05) is 6.08 Å². The molecular weight excluding hydrogens is 224 g/mol. The molecule has 1 fully saturated rings. The first-order chi connectivity index (χ1) is 7.64. The molecule has 0 amide bonds. The Balaban J connectivity index is 2.15. The van der Waals surface area contributed by atoms with E-state index in [1.165, 1.54) is 12.8 Å². The van der Waals surface area contributed by atoms with E-state index < -0.39 is 10.0 Å². The summed E-state index contributed by atoms with van der Waals surface area (Å²) in [5.74, 6) is 0.773. The average molecular weight is 246 g/mol. The quantitative estimate of drug-likeness (QED) is 0.655. The molecule has 1 aliphatic heterocycles. The van der Waals surface area contributed by atoms with Crippen molar-refractivity contribution in [3.8, 4) is 0 Å². The lowest BCUT2D eigenvalue weighted by atomic mass is 9.96. The van der Waals surface area contributed by atoms with E-state index >= 15 is 0 Å². The Kier molecular flexibility index (Phi) is 6.01. The molecule has 0 aromatic heterocycles. The normalized spacial score (nSPS) is 21.9. The molecule has 0 bridgehead atoms. The molecule has 1 saturated heterocycles. The van der Waals surface area contributed by atoms with Crippen molar-refractivity contribution >= 4 is 10.0 Å². The van der Waals surface area contributed by atoms with Crippen LogP contribution in [-0.2, 0) is 10.0 Å². The van der Waals surface area contributed by atoms with Gasteiger partial charge in [0.15, 0.2) is 0 Å². The average Bonchev–Trinajstić information content (AvgIpc) is 2.28. The van der Waals surface area contributed by atoms with Crippen molar-refractivity contribution in [3.05, 3.63) is 12.7 Å². The Morgan fingerprint density at radius 3 is 2.94 bits per heavy atom. The zero-order valence-corrected chi connectivity index (χ0v) is 10.6. The number of nitrogens with one attached hydrogen (secondary N) is 2. The van der Waals surface area contributed by atoms with Crippen molar-refractivity contribution in [2.45, 2.75) is 25.7 Å². The molecule has 1 unspecified atom stereocenters. The summed E-state index contributed by atoms with van der Waals surface area (Å²) in [6.45, 7) is 6.20. The molecule has 16 heavy (non-hydrogen) atoms. The molecule has 2 N–H and O–H groups in total. The highest BCUT2D eigenvalue weighted by molar-refractivity contribution is 7.89. The number of rotatable bonds is 7. The van der Waals surface area contributed by atoms with E-state index in [0.717, 1.165) is 19.5 Å². The number of sulfonamides is 1. The Morgan fingerprint density at radius 2 is 2.31 bits per heavy atom. The summed E-state index contributed by atoms with van der Waals surface area (Å²) >= 11 is 0. The summed E-state index contributed by atoms with van der Waals surface area (Å²) in [7, 11) is -3.09. The molecule has 0 saturated carbocycles. The third kappa shape index (κ3) is 5.63. The Bertz CT molecular complexity index is 295. The summed E-state index contributed by atoms with van der Waals surface area (Å²) in [4.78, 5) is 0. The van der Waals surface area contributed by atoms with Crippen LogP contribution in [-0.4, -0.2) is 33.8 Å². The molecular formula is C11H22N2O2S. The largest absolute Gasteiger partial charge is 0.316 e. The van der Waals surface area contributed by atoms with Crippen LogP contribution in [0.4, 0.5) is 0 Å². The van der Waals surface area contributed by atoms with Crippen LogP contribution < -0.4 is 10.0 Å². The number of hydrogen-bond donors (Lipinski definition) is 2. The molecule has 1 rings (SSSR count). The molecule has 4 nitrogen and oxygen atoms in total. The highest BCUT2D eigenvalue weighted by atomic mass is 32.2. The molecule has 0 spiro atoms. The van der Waals surface area contributed by atoms with Crippen LogP contribution in [0.3, 0.4) is 0 Å². The van der Waals surface area contributed by atoms with Gasteiger partial charge in [0.05, 0.1) is 5.75 Å². The highest BCUT2D eigenvalue weighted by Crippen LogP contribution is 2.13. The topological polar surface area (TPSA) is 58.2 Å². The van der Waals surface area contributed by atoms with E-state index in [0.29, 0.717) is 18.9 Å². The van der Waals surface area contributed by atoms with Crippen LogP contribution in [0.5, 0.6) is 0 Å². The van der Waals surface area contributed by atoms with E-state index in [-0.39, 0.29) is 5.75 Å². The Morgan fingerprint density at radius 1 is 1.50 bits per heavy atom. The minimum absolute atomic E-state index is 0.152. The van der Waals surface area contributed by atoms with E-state index in [1.807, 2.05) is 0 Å². The fourth-order valence-corrected chi connectivity index (χ4v) is 2.95. The Labute approximate surface area is 98.6 Å². The third-order valence-electron chi connectivity index (χ3n) is 2.86. The van der Waals surface area contributed by atoms with Gasteiger partial charge in [0.1, 0.15) is 0 Å². The molecule has 1 aliphatic rings. The zero-order valence-electron chi connectivity index (χ0n) is 9.74. The molecule has 0 aliphatic carbocycles. The van der Waals surface area contributed by atoms with Gasteiger partial charge in [0.2, 0.25) is 10.0 Å². The lowest BCUT2D eigenvalue weighted by Gasteiger charge is -2.22. The van der Waals surface area contributed by atoms with Gasteiger partial charge in [0.25, 0.3) is 0 Å². The lowest BCUT2D eigenvalue weighted by Crippen LogP contribution is -2.33. The van der Waals surface area contributed by atoms with E-state index in [4.69, 9.17) is 0 Å². The van der Waals surface area contributed by atoms with Gasteiger partial charge in [-0.2, -0.15) is 0 Å². The van der Waals surface area contributed by atoms with E-state index in [9.17, 15) is 8.42 Å². The summed E-state index contributed by atoms with van der Waals surface area (Å²) in [5, 5.41) is 3.33. The van der Waals surface area contributed by atoms with Gasteiger partial charge in [-0.3, -0.25) is 0 Å². The van der Waals surface area contributed by atoms with Gasteiger partial charge in [0, 0.05) is 6.54 Å². The van der Waals surface area contributed by atoms with Gasteiger partial charge < -0.3 is 5.32 Å². The molecule has 0 aromatic rings. The second-order valence-corrected chi connectivity index (χ2v) is 6.22. The van der Waals surface area contributed by atoms with Gasteiger partial charge in [-0.05, 0) is 44.7 Å². The standard InChI is InChI=1S/C11H22N2O2S/c1-2-3-9-16(14,15)13-8-6-11-5-4-7-12-10-11/h2,11-13H,1,3-10H2. The maximum Gasteiger partial charge on any atom is 0.211 e. The summed E-state index contributed by atoms with van der Waals surface area (Å²) in [6.07, 6.45) is 5.49. The van der Waals surface area contributed by atoms with Crippen LogP contribution in [0.15, 0.2) is 12.7 Å². The monoisotopic (exact) mass is 246 g/mol. The van der Waals surface area contributed by atoms with Gasteiger partial charge in [-0.25, -0.2) is 13.1 Å². The molecule has 1 atom stereocenters. The fourth-order valence-electron chi connectivity index (χ4n) is 1.90. The van der Waals surface area contributed by atoms with Crippen LogP contribution in [0, 0.1) is 5.92 Å².